The highest BCUT2D eigenvalue weighted by Gasteiger charge is 2.22. The smallest absolute Gasteiger partial charge is 0.222 e. The molecule has 1 fully saturated rings. The summed E-state index contributed by atoms with van der Waals surface area (Å²) < 4.78 is 0. The Labute approximate surface area is 127 Å². The van der Waals surface area contributed by atoms with E-state index < -0.39 is 0 Å². The quantitative estimate of drug-likeness (QED) is 0.844. The predicted octanol–water partition coefficient (Wildman–Crippen LogP) is 2.00. The monoisotopic (exact) mass is 289 g/mol. The Balaban J connectivity index is 1.76. The summed E-state index contributed by atoms with van der Waals surface area (Å²) in [6.45, 7) is 2.94. The fourth-order valence-electron chi connectivity index (χ4n) is 3.04. The maximum atomic E-state index is 12.3. The largest absolute Gasteiger partial charge is 0.399 e. The molecular formula is C17H27N3O. The molecule has 0 radical (unpaired) electrons. The lowest BCUT2D eigenvalue weighted by molar-refractivity contribution is -0.132. The van der Waals surface area contributed by atoms with E-state index in [2.05, 4.69) is 19.0 Å². The summed E-state index contributed by atoms with van der Waals surface area (Å²) in [7, 11) is 4.23. The van der Waals surface area contributed by atoms with Gasteiger partial charge in [-0.05, 0) is 50.9 Å². The third-order valence-corrected chi connectivity index (χ3v) is 4.25. The van der Waals surface area contributed by atoms with Crippen molar-refractivity contribution in [2.75, 3.05) is 39.5 Å². The van der Waals surface area contributed by atoms with Gasteiger partial charge in [-0.15, -0.1) is 0 Å². The van der Waals surface area contributed by atoms with Crippen LogP contribution >= 0.6 is 0 Å². The van der Waals surface area contributed by atoms with Crippen LogP contribution in [0.2, 0.25) is 0 Å². The molecule has 0 bridgehead atoms. The second-order valence-corrected chi connectivity index (χ2v) is 6.29. The molecular weight excluding hydrogens is 262 g/mol. The number of piperidine rings is 1. The number of nitrogens with zero attached hydrogens (tertiary/aromatic N) is 2. The first-order valence-corrected chi connectivity index (χ1v) is 7.82. The van der Waals surface area contributed by atoms with E-state index in [0.717, 1.165) is 56.1 Å². The molecule has 21 heavy (non-hydrogen) atoms. The van der Waals surface area contributed by atoms with Gasteiger partial charge in [0.2, 0.25) is 5.91 Å². The molecule has 1 aromatic rings. The van der Waals surface area contributed by atoms with Crippen molar-refractivity contribution in [3.63, 3.8) is 0 Å². The summed E-state index contributed by atoms with van der Waals surface area (Å²) in [5.74, 6) is 0.996. The summed E-state index contributed by atoms with van der Waals surface area (Å²) in [5.41, 5.74) is 7.78. The third-order valence-electron chi connectivity index (χ3n) is 4.25. The van der Waals surface area contributed by atoms with E-state index >= 15 is 0 Å². The standard InChI is InChI=1S/C17H27N3O/c1-19(2)13-14-9-11-20(12-10-14)17(21)8-7-15-5-3-4-6-16(15)18/h3-6,14H,7-13,18H2,1-2H3. The lowest BCUT2D eigenvalue weighted by Gasteiger charge is -2.33. The summed E-state index contributed by atoms with van der Waals surface area (Å²) in [6.07, 6.45) is 3.55. The van der Waals surface area contributed by atoms with E-state index in [4.69, 9.17) is 5.73 Å². The number of nitrogen functional groups attached to an aromatic ring is 1. The molecule has 1 aliphatic heterocycles. The van der Waals surface area contributed by atoms with Crippen molar-refractivity contribution >= 4 is 11.6 Å². The minimum Gasteiger partial charge on any atom is -0.399 e. The van der Waals surface area contributed by atoms with Crippen molar-refractivity contribution in [3.8, 4) is 0 Å². The van der Waals surface area contributed by atoms with Gasteiger partial charge in [0.05, 0.1) is 0 Å². The SMILES string of the molecule is CN(C)CC1CCN(C(=O)CCc2ccccc2N)CC1. The number of hydrogen-bond acceptors (Lipinski definition) is 3. The van der Waals surface area contributed by atoms with E-state index in [1.54, 1.807) is 0 Å². The summed E-state index contributed by atoms with van der Waals surface area (Å²) >= 11 is 0. The predicted molar refractivity (Wildman–Crippen MR) is 87.0 cm³/mol. The Morgan fingerprint density at radius 3 is 2.57 bits per heavy atom. The number of benzene rings is 1. The van der Waals surface area contributed by atoms with Crippen LogP contribution in [0.3, 0.4) is 0 Å². The highest BCUT2D eigenvalue weighted by Crippen LogP contribution is 2.19. The molecule has 0 aliphatic carbocycles. The molecule has 0 spiro atoms. The summed E-state index contributed by atoms with van der Waals surface area (Å²) in [5, 5.41) is 0. The number of likely N-dealkylation sites (tertiary alicyclic amines) is 1. The molecule has 116 valence electrons. The molecule has 2 rings (SSSR count). The number of para-hydroxylation sites is 1. The average molecular weight is 289 g/mol. The Hall–Kier alpha value is -1.55. The van der Waals surface area contributed by atoms with Crippen molar-refractivity contribution in [1.29, 1.82) is 0 Å². The minimum atomic E-state index is 0.265. The van der Waals surface area contributed by atoms with Crippen LogP contribution in [0.4, 0.5) is 5.69 Å². The van der Waals surface area contributed by atoms with Crippen LogP contribution < -0.4 is 5.73 Å². The molecule has 1 aliphatic rings. The Morgan fingerprint density at radius 1 is 1.29 bits per heavy atom. The van der Waals surface area contributed by atoms with Crippen molar-refractivity contribution in [3.05, 3.63) is 29.8 Å². The van der Waals surface area contributed by atoms with Gasteiger partial charge >= 0.3 is 0 Å². The molecule has 0 unspecified atom stereocenters. The van der Waals surface area contributed by atoms with Gasteiger partial charge in [0.1, 0.15) is 0 Å². The fraction of sp³-hybridized carbons (Fsp3) is 0.588. The van der Waals surface area contributed by atoms with Crippen molar-refractivity contribution in [2.45, 2.75) is 25.7 Å². The summed E-state index contributed by atoms with van der Waals surface area (Å²) in [4.78, 5) is 16.5. The van der Waals surface area contributed by atoms with E-state index in [1.807, 2.05) is 29.2 Å². The molecule has 1 aromatic carbocycles. The van der Waals surface area contributed by atoms with E-state index in [1.165, 1.54) is 0 Å². The third kappa shape index (κ3) is 4.74. The van der Waals surface area contributed by atoms with Crippen molar-refractivity contribution in [1.82, 2.24) is 9.80 Å². The number of carbonyl (C=O) groups excluding carboxylic acids is 1. The highest BCUT2D eigenvalue weighted by molar-refractivity contribution is 5.76. The molecule has 1 amide bonds. The lowest BCUT2D eigenvalue weighted by Crippen LogP contribution is -2.40. The first kappa shape index (κ1) is 15.8. The number of nitrogens with two attached hydrogens (primary N) is 1. The van der Waals surface area contributed by atoms with E-state index in [-0.39, 0.29) is 5.91 Å². The van der Waals surface area contributed by atoms with Gasteiger partial charge in [0.25, 0.3) is 0 Å². The van der Waals surface area contributed by atoms with Crippen LogP contribution in [0.5, 0.6) is 0 Å². The molecule has 2 N–H and O–H groups in total. The maximum Gasteiger partial charge on any atom is 0.222 e. The fourth-order valence-corrected chi connectivity index (χ4v) is 3.04. The highest BCUT2D eigenvalue weighted by atomic mass is 16.2. The number of amides is 1. The van der Waals surface area contributed by atoms with E-state index in [0.29, 0.717) is 6.42 Å². The van der Waals surface area contributed by atoms with Crippen LogP contribution in [0.25, 0.3) is 0 Å². The van der Waals surface area contributed by atoms with Crippen LogP contribution in [-0.2, 0) is 11.2 Å². The zero-order chi connectivity index (χ0) is 15.2. The van der Waals surface area contributed by atoms with Gasteiger partial charge in [-0.2, -0.15) is 0 Å². The Bertz CT molecular complexity index is 465. The normalized spacial score (nSPS) is 16.4. The number of hydrogen-bond donors (Lipinski definition) is 1. The molecule has 1 saturated heterocycles. The van der Waals surface area contributed by atoms with Gasteiger partial charge in [-0.25, -0.2) is 0 Å². The number of aryl methyl sites for hydroxylation is 1. The van der Waals surface area contributed by atoms with Gasteiger partial charge in [-0.3, -0.25) is 4.79 Å². The van der Waals surface area contributed by atoms with Crippen molar-refractivity contribution in [2.24, 2.45) is 5.92 Å². The Morgan fingerprint density at radius 2 is 1.95 bits per heavy atom. The Kier molecular flexibility index (Phi) is 5.62. The van der Waals surface area contributed by atoms with Crippen LogP contribution in [0, 0.1) is 5.92 Å². The number of carbonyl (C=O) groups is 1. The molecule has 4 nitrogen and oxygen atoms in total. The topological polar surface area (TPSA) is 49.6 Å². The summed E-state index contributed by atoms with van der Waals surface area (Å²) in [6, 6.07) is 7.80. The van der Waals surface area contributed by atoms with Gasteiger partial charge < -0.3 is 15.5 Å². The molecule has 0 atom stereocenters. The van der Waals surface area contributed by atoms with Crippen molar-refractivity contribution < 1.29 is 4.79 Å². The number of anilines is 1. The van der Waals surface area contributed by atoms with Crippen LogP contribution in [0.1, 0.15) is 24.8 Å². The minimum absolute atomic E-state index is 0.265. The molecule has 0 saturated carbocycles. The van der Waals surface area contributed by atoms with Crippen LogP contribution in [-0.4, -0.2) is 49.4 Å². The lowest BCUT2D eigenvalue weighted by atomic mass is 9.96. The first-order chi connectivity index (χ1) is 10.1. The second-order valence-electron chi connectivity index (χ2n) is 6.29. The van der Waals surface area contributed by atoms with Gasteiger partial charge in [-0.1, -0.05) is 18.2 Å². The second kappa shape index (κ2) is 7.46. The first-order valence-electron chi connectivity index (χ1n) is 7.82. The number of rotatable bonds is 5. The molecule has 1 heterocycles. The molecule has 4 heteroatoms. The zero-order valence-electron chi connectivity index (χ0n) is 13.2. The van der Waals surface area contributed by atoms with Gasteiger partial charge in [0.15, 0.2) is 0 Å². The zero-order valence-corrected chi connectivity index (χ0v) is 13.2. The van der Waals surface area contributed by atoms with E-state index in [9.17, 15) is 4.79 Å². The van der Waals surface area contributed by atoms with Crippen LogP contribution in [0.15, 0.2) is 24.3 Å². The average Bonchev–Trinajstić information content (AvgIpc) is 2.46. The van der Waals surface area contributed by atoms with Gasteiger partial charge in [0, 0.05) is 31.7 Å². The maximum absolute atomic E-state index is 12.3. The molecule has 0 aromatic heterocycles.